The fraction of sp³-hybridized carbons (Fsp3) is 0.500. The quantitative estimate of drug-likeness (QED) is 0.620. The zero-order valence-electron chi connectivity index (χ0n) is 10.5. The summed E-state index contributed by atoms with van der Waals surface area (Å²) in [6.45, 7) is 3.85. The Morgan fingerprint density at radius 2 is 2.06 bits per heavy atom. The molecule has 6 heteroatoms. The molecule has 0 aliphatic rings. The Hall–Kier alpha value is -0.390. The zero-order valence-corrected chi connectivity index (χ0v) is 12.9. The van der Waals surface area contributed by atoms with Gasteiger partial charge in [-0.3, -0.25) is 4.72 Å². The lowest BCUT2D eigenvalue weighted by Crippen LogP contribution is -2.22. The highest BCUT2D eigenvalue weighted by molar-refractivity contribution is 7.99. The van der Waals surface area contributed by atoms with Crippen molar-refractivity contribution in [3.8, 4) is 0 Å². The van der Waals surface area contributed by atoms with Crippen molar-refractivity contribution in [2.45, 2.75) is 18.7 Å². The number of alkyl halides is 1. The van der Waals surface area contributed by atoms with Gasteiger partial charge in [-0.1, -0.05) is 26.0 Å². The Balaban J connectivity index is 2.83. The van der Waals surface area contributed by atoms with E-state index in [-0.39, 0.29) is 11.7 Å². The number of anilines is 1. The first-order chi connectivity index (χ1) is 8.48. The third-order valence-corrected chi connectivity index (χ3v) is 5.24. The van der Waals surface area contributed by atoms with Crippen LogP contribution in [-0.4, -0.2) is 25.8 Å². The van der Waals surface area contributed by atoms with E-state index in [1.54, 1.807) is 17.8 Å². The SMILES string of the molecule is CCSc1ccccc1NS(=O)(=O)CC(C)CCl. The third-order valence-electron chi connectivity index (χ3n) is 2.22. The normalized spacial score (nSPS) is 13.3. The molecule has 0 heterocycles. The molecule has 0 saturated carbocycles. The molecule has 1 rings (SSSR count). The van der Waals surface area contributed by atoms with Crippen molar-refractivity contribution in [2.75, 3.05) is 22.1 Å². The van der Waals surface area contributed by atoms with Crippen LogP contribution >= 0.6 is 23.4 Å². The highest BCUT2D eigenvalue weighted by Crippen LogP contribution is 2.27. The lowest BCUT2D eigenvalue weighted by molar-refractivity contribution is 0.588. The van der Waals surface area contributed by atoms with Crippen molar-refractivity contribution in [3.05, 3.63) is 24.3 Å². The lowest BCUT2D eigenvalue weighted by atomic mass is 10.3. The predicted molar refractivity (Wildman–Crippen MR) is 80.1 cm³/mol. The van der Waals surface area contributed by atoms with E-state index in [4.69, 9.17) is 11.6 Å². The van der Waals surface area contributed by atoms with E-state index < -0.39 is 10.0 Å². The van der Waals surface area contributed by atoms with E-state index in [0.717, 1.165) is 10.6 Å². The van der Waals surface area contributed by atoms with Crippen molar-refractivity contribution < 1.29 is 8.42 Å². The summed E-state index contributed by atoms with van der Waals surface area (Å²) in [7, 11) is -3.33. The van der Waals surface area contributed by atoms with Crippen molar-refractivity contribution in [1.82, 2.24) is 0 Å². The van der Waals surface area contributed by atoms with Crippen molar-refractivity contribution in [3.63, 3.8) is 0 Å². The molecule has 1 unspecified atom stereocenters. The molecule has 0 radical (unpaired) electrons. The molecular formula is C12H18ClNO2S2. The summed E-state index contributed by atoms with van der Waals surface area (Å²) < 4.78 is 26.5. The second-order valence-electron chi connectivity index (χ2n) is 4.07. The second-order valence-corrected chi connectivity index (χ2v) is 7.45. The summed E-state index contributed by atoms with van der Waals surface area (Å²) in [5, 5.41) is 0. The monoisotopic (exact) mass is 307 g/mol. The van der Waals surface area contributed by atoms with E-state index in [2.05, 4.69) is 4.72 Å². The number of hydrogen-bond acceptors (Lipinski definition) is 3. The Morgan fingerprint density at radius 3 is 2.67 bits per heavy atom. The number of benzene rings is 1. The summed E-state index contributed by atoms with van der Waals surface area (Å²) in [6, 6.07) is 7.41. The third kappa shape index (κ3) is 5.08. The average molecular weight is 308 g/mol. The smallest absolute Gasteiger partial charge is 0.233 e. The van der Waals surface area contributed by atoms with Gasteiger partial charge in [-0.15, -0.1) is 23.4 Å². The van der Waals surface area contributed by atoms with Gasteiger partial charge in [-0.2, -0.15) is 0 Å². The van der Waals surface area contributed by atoms with Crippen LogP contribution in [0.15, 0.2) is 29.2 Å². The summed E-state index contributed by atoms with van der Waals surface area (Å²) in [5.74, 6) is 1.22. The molecule has 1 N–H and O–H groups in total. The maximum atomic E-state index is 11.9. The van der Waals surface area contributed by atoms with Gasteiger partial charge in [0.2, 0.25) is 10.0 Å². The fourth-order valence-corrected chi connectivity index (χ4v) is 3.99. The molecule has 0 fully saturated rings. The van der Waals surface area contributed by atoms with Crippen LogP contribution in [0.25, 0.3) is 0 Å². The minimum atomic E-state index is -3.33. The number of para-hydroxylation sites is 1. The van der Waals surface area contributed by atoms with Crippen LogP contribution in [0.5, 0.6) is 0 Å². The van der Waals surface area contributed by atoms with Crippen LogP contribution in [0.4, 0.5) is 5.69 Å². The number of sulfonamides is 1. The molecule has 0 aromatic heterocycles. The first-order valence-corrected chi connectivity index (χ1v) is 8.94. The Kier molecular flexibility index (Phi) is 6.32. The first-order valence-electron chi connectivity index (χ1n) is 5.76. The van der Waals surface area contributed by atoms with E-state index in [1.165, 1.54) is 0 Å². The van der Waals surface area contributed by atoms with Gasteiger partial charge in [-0.25, -0.2) is 8.42 Å². The van der Waals surface area contributed by atoms with Crippen molar-refractivity contribution in [1.29, 1.82) is 0 Å². The van der Waals surface area contributed by atoms with Gasteiger partial charge < -0.3 is 0 Å². The standard InChI is InChI=1S/C12H18ClNO2S2/c1-3-17-12-7-5-4-6-11(12)14-18(15,16)9-10(2)8-13/h4-7,10,14H,3,8-9H2,1-2H3. The highest BCUT2D eigenvalue weighted by atomic mass is 35.5. The first kappa shape index (κ1) is 15.7. The van der Waals surface area contributed by atoms with E-state index in [9.17, 15) is 8.42 Å². The molecule has 0 amide bonds. The van der Waals surface area contributed by atoms with Gasteiger partial charge in [0.15, 0.2) is 0 Å². The van der Waals surface area contributed by atoms with Crippen LogP contribution in [0, 0.1) is 5.92 Å². The molecule has 18 heavy (non-hydrogen) atoms. The van der Waals surface area contributed by atoms with E-state index in [1.807, 2.05) is 32.0 Å². The molecule has 3 nitrogen and oxygen atoms in total. The van der Waals surface area contributed by atoms with Gasteiger partial charge in [0.05, 0.1) is 11.4 Å². The van der Waals surface area contributed by atoms with Crippen LogP contribution in [0.3, 0.4) is 0 Å². The maximum Gasteiger partial charge on any atom is 0.233 e. The van der Waals surface area contributed by atoms with Crippen LogP contribution < -0.4 is 4.72 Å². The largest absolute Gasteiger partial charge is 0.282 e. The lowest BCUT2D eigenvalue weighted by Gasteiger charge is -2.13. The minimum Gasteiger partial charge on any atom is -0.282 e. The summed E-state index contributed by atoms with van der Waals surface area (Å²) in [6.07, 6.45) is 0. The van der Waals surface area contributed by atoms with Crippen LogP contribution in [-0.2, 0) is 10.0 Å². The molecule has 0 spiro atoms. The predicted octanol–water partition coefficient (Wildman–Crippen LogP) is 3.42. The Bertz CT molecular complexity index is 477. The molecule has 1 aromatic carbocycles. The summed E-state index contributed by atoms with van der Waals surface area (Å²) >= 11 is 7.26. The number of halogens is 1. The highest BCUT2D eigenvalue weighted by Gasteiger charge is 2.16. The average Bonchev–Trinajstić information content (AvgIpc) is 2.31. The molecule has 0 saturated heterocycles. The Labute approximate surface area is 118 Å². The molecule has 0 bridgehead atoms. The zero-order chi connectivity index (χ0) is 13.6. The Morgan fingerprint density at radius 1 is 1.39 bits per heavy atom. The minimum absolute atomic E-state index is 0.0433. The second kappa shape index (κ2) is 7.26. The van der Waals surface area contributed by atoms with Crippen molar-refractivity contribution in [2.24, 2.45) is 5.92 Å². The topological polar surface area (TPSA) is 46.2 Å². The van der Waals surface area contributed by atoms with Gasteiger partial charge >= 0.3 is 0 Å². The summed E-state index contributed by atoms with van der Waals surface area (Å²) in [4.78, 5) is 0.946. The van der Waals surface area contributed by atoms with E-state index in [0.29, 0.717) is 11.6 Å². The molecular weight excluding hydrogens is 290 g/mol. The van der Waals surface area contributed by atoms with Gasteiger partial charge in [0.1, 0.15) is 0 Å². The van der Waals surface area contributed by atoms with E-state index >= 15 is 0 Å². The van der Waals surface area contributed by atoms with Gasteiger partial charge in [0, 0.05) is 10.8 Å². The van der Waals surface area contributed by atoms with Crippen LogP contribution in [0.1, 0.15) is 13.8 Å². The fourth-order valence-electron chi connectivity index (χ4n) is 1.46. The molecule has 0 aliphatic heterocycles. The molecule has 0 aliphatic carbocycles. The molecule has 1 atom stereocenters. The molecule has 1 aromatic rings. The van der Waals surface area contributed by atoms with Crippen molar-refractivity contribution >= 4 is 39.1 Å². The summed E-state index contributed by atoms with van der Waals surface area (Å²) in [5.41, 5.74) is 0.645. The van der Waals surface area contributed by atoms with Crippen LogP contribution in [0.2, 0.25) is 0 Å². The number of nitrogens with one attached hydrogen (secondary N) is 1. The number of hydrogen-bond donors (Lipinski definition) is 1. The maximum absolute atomic E-state index is 11.9. The molecule has 102 valence electrons. The number of thioether (sulfide) groups is 1. The van der Waals surface area contributed by atoms with Gasteiger partial charge in [-0.05, 0) is 23.8 Å². The number of rotatable bonds is 7. The van der Waals surface area contributed by atoms with Gasteiger partial charge in [0.25, 0.3) is 0 Å².